The van der Waals surface area contributed by atoms with Crippen LogP contribution in [0.3, 0.4) is 0 Å². The average molecular weight is 310 g/mol. The molecule has 1 amide bonds. The van der Waals surface area contributed by atoms with Crippen molar-refractivity contribution >= 4 is 11.9 Å². The van der Waals surface area contributed by atoms with E-state index in [0.29, 0.717) is 19.0 Å². The van der Waals surface area contributed by atoms with E-state index in [1.54, 1.807) is 7.05 Å². The van der Waals surface area contributed by atoms with Crippen molar-refractivity contribution in [2.75, 3.05) is 26.7 Å². The predicted molar refractivity (Wildman–Crippen MR) is 88.0 cm³/mol. The minimum Gasteiger partial charge on any atom is -0.376 e. The van der Waals surface area contributed by atoms with Crippen molar-refractivity contribution in [3.8, 4) is 0 Å². The van der Waals surface area contributed by atoms with Crippen LogP contribution >= 0.6 is 0 Å². The first-order valence-corrected chi connectivity index (χ1v) is 8.63. The molecule has 2 aliphatic rings. The molecule has 2 fully saturated rings. The second kappa shape index (κ2) is 9.66. The highest BCUT2D eigenvalue weighted by Crippen LogP contribution is 2.17. The molecule has 22 heavy (non-hydrogen) atoms. The Morgan fingerprint density at radius 2 is 1.95 bits per heavy atom. The van der Waals surface area contributed by atoms with E-state index in [2.05, 4.69) is 20.9 Å². The summed E-state index contributed by atoms with van der Waals surface area (Å²) in [4.78, 5) is 16.1. The molecule has 2 rings (SSSR count). The van der Waals surface area contributed by atoms with Gasteiger partial charge in [-0.25, -0.2) is 0 Å². The van der Waals surface area contributed by atoms with Crippen molar-refractivity contribution in [3.63, 3.8) is 0 Å². The summed E-state index contributed by atoms with van der Waals surface area (Å²) in [6, 6.07) is 0.387. The van der Waals surface area contributed by atoms with Crippen LogP contribution in [0.4, 0.5) is 0 Å². The molecule has 0 aromatic rings. The summed E-state index contributed by atoms with van der Waals surface area (Å²) in [6.07, 6.45) is 9.05. The number of ether oxygens (including phenoxy) is 1. The molecule has 126 valence electrons. The number of hydrogen-bond donors (Lipinski definition) is 3. The molecule has 1 heterocycles. The van der Waals surface area contributed by atoms with Gasteiger partial charge in [0.15, 0.2) is 5.96 Å². The molecule has 0 radical (unpaired) electrons. The molecule has 1 atom stereocenters. The summed E-state index contributed by atoms with van der Waals surface area (Å²) in [7, 11) is 1.74. The molecule has 1 saturated carbocycles. The van der Waals surface area contributed by atoms with E-state index in [4.69, 9.17) is 4.74 Å². The van der Waals surface area contributed by atoms with Gasteiger partial charge >= 0.3 is 0 Å². The molecular weight excluding hydrogens is 280 g/mol. The standard InChI is InChI=1S/C16H30N4O2/c1-17-16(19-12-14-8-5-11-22-14)18-10-9-15(21)20-13-6-3-2-4-7-13/h13-14H,2-12H2,1H3,(H,20,21)(H2,17,18,19). The lowest BCUT2D eigenvalue weighted by Gasteiger charge is -2.22. The molecule has 0 aromatic carbocycles. The summed E-state index contributed by atoms with van der Waals surface area (Å²) in [5, 5.41) is 9.56. The highest BCUT2D eigenvalue weighted by atomic mass is 16.5. The third kappa shape index (κ3) is 6.22. The Kier molecular flexibility index (Phi) is 7.49. The smallest absolute Gasteiger partial charge is 0.221 e. The van der Waals surface area contributed by atoms with E-state index >= 15 is 0 Å². The summed E-state index contributed by atoms with van der Waals surface area (Å²) in [6.45, 7) is 2.23. The molecule has 1 unspecified atom stereocenters. The van der Waals surface area contributed by atoms with Gasteiger partial charge in [0.2, 0.25) is 5.91 Å². The van der Waals surface area contributed by atoms with Crippen LogP contribution in [0.1, 0.15) is 51.4 Å². The minimum absolute atomic E-state index is 0.133. The second-order valence-electron chi connectivity index (χ2n) is 6.17. The van der Waals surface area contributed by atoms with Gasteiger partial charge in [0.25, 0.3) is 0 Å². The van der Waals surface area contributed by atoms with Gasteiger partial charge in [0.05, 0.1) is 6.10 Å². The molecule has 6 nitrogen and oxygen atoms in total. The van der Waals surface area contributed by atoms with Crippen LogP contribution in [0, 0.1) is 0 Å². The second-order valence-corrected chi connectivity index (χ2v) is 6.17. The van der Waals surface area contributed by atoms with Crippen molar-refractivity contribution < 1.29 is 9.53 Å². The Balaban J connectivity index is 1.56. The topological polar surface area (TPSA) is 74.8 Å². The third-order valence-electron chi connectivity index (χ3n) is 4.36. The van der Waals surface area contributed by atoms with Gasteiger partial charge in [-0.1, -0.05) is 19.3 Å². The van der Waals surface area contributed by atoms with Gasteiger partial charge in [-0.2, -0.15) is 0 Å². The van der Waals surface area contributed by atoms with Crippen LogP contribution in [-0.4, -0.2) is 50.8 Å². The third-order valence-corrected chi connectivity index (χ3v) is 4.36. The molecule has 0 aromatic heterocycles. The quantitative estimate of drug-likeness (QED) is 0.508. The Bertz CT molecular complexity index is 361. The summed E-state index contributed by atoms with van der Waals surface area (Å²) < 4.78 is 5.57. The fourth-order valence-corrected chi connectivity index (χ4v) is 3.08. The highest BCUT2D eigenvalue weighted by molar-refractivity contribution is 5.81. The Hall–Kier alpha value is -1.30. The van der Waals surface area contributed by atoms with Gasteiger partial charge in [-0.3, -0.25) is 9.79 Å². The van der Waals surface area contributed by atoms with E-state index in [9.17, 15) is 4.79 Å². The summed E-state index contributed by atoms with van der Waals surface area (Å²) >= 11 is 0. The van der Waals surface area contributed by atoms with E-state index in [1.165, 1.54) is 19.3 Å². The van der Waals surface area contributed by atoms with Crippen molar-refractivity contribution in [3.05, 3.63) is 0 Å². The molecule has 3 N–H and O–H groups in total. The number of hydrogen-bond acceptors (Lipinski definition) is 3. The maximum absolute atomic E-state index is 11.9. The van der Waals surface area contributed by atoms with E-state index in [0.717, 1.165) is 44.8 Å². The first-order chi connectivity index (χ1) is 10.8. The van der Waals surface area contributed by atoms with Crippen molar-refractivity contribution in [1.29, 1.82) is 0 Å². The zero-order valence-corrected chi connectivity index (χ0v) is 13.7. The van der Waals surface area contributed by atoms with E-state index in [1.807, 2.05) is 0 Å². The molecule has 0 spiro atoms. The van der Waals surface area contributed by atoms with Gasteiger partial charge in [0.1, 0.15) is 0 Å². The molecule has 0 bridgehead atoms. The SMILES string of the molecule is CN=C(NCCC(=O)NC1CCCCC1)NCC1CCCO1. The molecular formula is C16H30N4O2. The van der Waals surface area contributed by atoms with Crippen LogP contribution in [-0.2, 0) is 9.53 Å². The minimum atomic E-state index is 0.133. The number of rotatable bonds is 6. The number of carbonyl (C=O) groups excluding carboxylic acids is 1. The Labute approximate surface area is 133 Å². The number of nitrogens with one attached hydrogen (secondary N) is 3. The zero-order chi connectivity index (χ0) is 15.6. The summed E-state index contributed by atoms with van der Waals surface area (Å²) in [5.41, 5.74) is 0. The lowest BCUT2D eigenvalue weighted by Crippen LogP contribution is -2.43. The fourth-order valence-electron chi connectivity index (χ4n) is 3.08. The number of carbonyl (C=O) groups is 1. The van der Waals surface area contributed by atoms with Crippen LogP contribution in [0.5, 0.6) is 0 Å². The van der Waals surface area contributed by atoms with Crippen molar-refractivity contribution in [1.82, 2.24) is 16.0 Å². The lowest BCUT2D eigenvalue weighted by molar-refractivity contribution is -0.121. The van der Waals surface area contributed by atoms with E-state index < -0.39 is 0 Å². The molecule has 1 aliphatic heterocycles. The van der Waals surface area contributed by atoms with Gasteiger partial charge in [-0.15, -0.1) is 0 Å². The number of amides is 1. The summed E-state index contributed by atoms with van der Waals surface area (Å²) in [5.74, 6) is 0.870. The zero-order valence-electron chi connectivity index (χ0n) is 13.7. The largest absolute Gasteiger partial charge is 0.376 e. The normalized spacial score (nSPS) is 23.3. The first-order valence-electron chi connectivity index (χ1n) is 8.63. The average Bonchev–Trinajstić information content (AvgIpc) is 3.05. The Morgan fingerprint density at radius 1 is 1.14 bits per heavy atom. The molecule has 1 aliphatic carbocycles. The highest BCUT2D eigenvalue weighted by Gasteiger charge is 2.16. The van der Waals surface area contributed by atoms with Crippen molar-refractivity contribution in [2.45, 2.75) is 63.5 Å². The van der Waals surface area contributed by atoms with Crippen LogP contribution in [0.15, 0.2) is 4.99 Å². The van der Waals surface area contributed by atoms with Crippen molar-refractivity contribution in [2.24, 2.45) is 4.99 Å². The van der Waals surface area contributed by atoms with Crippen LogP contribution < -0.4 is 16.0 Å². The van der Waals surface area contributed by atoms with Gasteiger partial charge in [0, 0.05) is 39.2 Å². The number of nitrogens with zero attached hydrogens (tertiary/aromatic N) is 1. The van der Waals surface area contributed by atoms with Gasteiger partial charge in [-0.05, 0) is 25.7 Å². The van der Waals surface area contributed by atoms with Crippen LogP contribution in [0.25, 0.3) is 0 Å². The predicted octanol–water partition coefficient (Wildman–Crippen LogP) is 1.17. The molecule has 1 saturated heterocycles. The monoisotopic (exact) mass is 310 g/mol. The van der Waals surface area contributed by atoms with Gasteiger partial charge < -0.3 is 20.7 Å². The number of aliphatic imine (C=N–C) groups is 1. The Morgan fingerprint density at radius 3 is 2.64 bits per heavy atom. The fraction of sp³-hybridized carbons (Fsp3) is 0.875. The number of guanidine groups is 1. The maximum atomic E-state index is 11.9. The van der Waals surface area contributed by atoms with Crippen LogP contribution in [0.2, 0.25) is 0 Å². The first kappa shape index (κ1) is 17.1. The molecule has 6 heteroatoms. The van der Waals surface area contributed by atoms with E-state index in [-0.39, 0.29) is 12.0 Å². The maximum Gasteiger partial charge on any atom is 0.221 e. The lowest BCUT2D eigenvalue weighted by atomic mass is 9.95.